The molecular weight excluding hydrogens is 542 g/mol. The van der Waals surface area contributed by atoms with Gasteiger partial charge in [0.05, 0.1) is 49.3 Å². The molecule has 1 aliphatic carbocycles. The Bertz CT molecular complexity index is 1590. The largest absolute Gasteiger partial charge is 0.453 e. The minimum absolute atomic E-state index is 0.00811. The van der Waals surface area contributed by atoms with Crippen LogP contribution in [0, 0.1) is 17.6 Å². The zero-order chi connectivity index (χ0) is 29.5. The Balaban J connectivity index is 1.28. The molecule has 42 heavy (non-hydrogen) atoms. The van der Waals surface area contributed by atoms with Gasteiger partial charge in [0.25, 0.3) is 0 Å². The van der Waals surface area contributed by atoms with Gasteiger partial charge in [0.1, 0.15) is 17.5 Å². The zero-order valence-electron chi connectivity index (χ0n) is 23.8. The number of benzene rings is 1. The van der Waals surface area contributed by atoms with Gasteiger partial charge in [-0.05, 0) is 71.7 Å². The molecule has 2 fully saturated rings. The van der Waals surface area contributed by atoms with Crippen LogP contribution in [0.2, 0.25) is 0 Å². The lowest BCUT2D eigenvalue weighted by Gasteiger charge is -2.43. The van der Waals surface area contributed by atoms with Crippen molar-refractivity contribution in [2.45, 2.75) is 50.1 Å². The number of carbonyl (C=O) groups excluding carboxylic acids is 1. The first kappa shape index (κ1) is 28.2. The van der Waals surface area contributed by atoms with E-state index >= 15 is 8.78 Å². The van der Waals surface area contributed by atoms with Gasteiger partial charge < -0.3 is 20.1 Å². The summed E-state index contributed by atoms with van der Waals surface area (Å²) in [6.07, 6.45) is 6.85. The second kappa shape index (κ2) is 11.4. The summed E-state index contributed by atoms with van der Waals surface area (Å²) < 4.78 is 42.0. The fraction of sp³-hybridized carbons (Fsp3) is 0.419. The number of nitrogens with zero attached hydrogens (tertiary/aromatic N) is 5. The molecule has 1 aliphatic heterocycles. The van der Waals surface area contributed by atoms with Crippen LogP contribution in [0.4, 0.5) is 13.6 Å². The summed E-state index contributed by atoms with van der Waals surface area (Å²) in [5.41, 5.74) is 10.0. The minimum Gasteiger partial charge on any atom is -0.453 e. The van der Waals surface area contributed by atoms with Gasteiger partial charge in [-0.1, -0.05) is 6.92 Å². The smallest absolute Gasteiger partial charge is 0.409 e. The van der Waals surface area contributed by atoms with E-state index in [9.17, 15) is 4.79 Å². The highest BCUT2D eigenvalue weighted by Gasteiger charge is 2.39. The Hall–Kier alpha value is -3.96. The molecule has 0 spiro atoms. The first-order valence-electron chi connectivity index (χ1n) is 14.1. The van der Waals surface area contributed by atoms with Crippen LogP contribution in [0.15, 0.2) is 48.9 Å². The Morgan fingerprint density at radius 3 is 2.57 bits per heavy atom. The van der Waals surface area contributed by atoms with Crippen LogP contribution in [-0.4, -0.2) is 70.0 Å². The molecule has 4 aromatic rings. The fourth-order valence-corrected chi connectivity index (χ4v) is 6.61. The zero-order valence-corrected chi connectivity index (χ0v) is 23.8. The van der Waals surface area contributed by atoms with E-state index in [1.165, 1.54) is 19.2 Å². The number of nitrogens with two attached hydrogens (primary N) is 1. The molecule has 11 heteroatoms. The maximum Gasteiger partial charge on any atom is 0.409 e. The highest BCUT2D eigenvalue weighted by molar-refractivity contribution is 5.67. The van der Waals surface area contributed by atoms with E-state index in [-0.39, 0.29) is 41.1 Å². The van der Waals surface area contributed by atoms with Gasteiger partial charge in [-0.25, -0.2) is 23.1 Å². The average molecular weight is 577 g/mol. The summed E-state index contributed by atoms with van der Waals surface area (Å²) in [5, 5.41) is 4.61. The monoisotopic (exact) mass is 576 g/mol. The quantitative estimate of drug-likeness (QED) is 0.355. The summed E-state index contributed by atoms with van der Waals surface area (Å²) in [6.45, 7) is 3.04. The number of pyridine rings is 1. The van der Waals surface area contributed by atoms with Crippen LogP contribution in [0.5, 0.6) is 0 Å². The second-order valence-electron chi connectivity index (χ2n) is 11.5. The first-order valence-corrected chi connectivity index (χ1v) is 14.1. The Morgan fingerprint density at radius 1 is 1.14 bits per heavy atom. The fourth-order valence-electron chi connectivity index (χ4n) is 6.61. The van der Waals surface area contributed by atoms with Crippen LogP contribution in [0.1, 0.15) is 54.1 Å². The third-order valence-electron chi connectivity index (χ3n) is 8.76. The Labute approximate surface area is 242 Å². The van der Waals surface area contributed by atoms with Crippen molar-refractivity contribution in [2.75, 3.05) is 27.4 Å². The van der Waals surface area contributed by atoms with Crippen molar-refractivity contribution in [2.24, 2.45) is 11.7 Å². The highest BCUT2D eigenvalue weighted by Crippen LogP contribution is 2.39. The molecular formula is C31H34F2N6O3. The van der Waals surface area contributed by atoms with E-state index in [1.54, 1.807) is 41.0 Å². The molecule has 6 rings (SSSR count). The molecule has 1 saturated heterocycles. The Morgan fingerprint density at radius 2 is 1.90 bits per heavy atom. The van der Waals surface area contributed by atoms with E-state index in [1.807, 2.05) is 12.3 Å². The summed E-state index contributed by atoms with van der Waals surface area (Å²) in [7, 11) is 3.10. The van der Waals surface area contributed by atoms with E-state index < -0.39 is 17.7 Å². The van der Waals surface area contributed by atoms with Crippen LogP contribution >= 0.6 is 0 Å². The summed E-state index contributed by atoms with van der Waals surface area (Å²) in [4.78, 5) is 22.7. The van der Waals surface area contributed by atoms with Gasteiger partial charge in [0.2, 0.25) is 0 Å². The van der Waals surface area contributed by atoms with Crippen LogP contribution in [0.25, 0.3) is 16.8 Å². The van der Waals surface area contributed by atoms with Gasteiger partial charge in [-0.2, -0.15) is 5.10 Å². The SMILES string of the molecule is COC(=O)N(C)[C@@H]1[C@H](N)C[C@H](c2ccncc2Cc2ncc3ccc(-c4c(F)cc(C5COC5)cc4F)nn23)C[C@@H]1C. The van der Waals surface area contributed by atoms with Gasteiger partial charge in [-0.15, -0.1) is 0 Å². The van der Waals surface area contributed by atoms with Crippen molar-refractivity contribution < 1.29 is 23.0 Å². The molecule has 9 nitrogen and oxygen atoms in total. The summed E-state index contributed by atoms with van der Waals surface area (Å²) in [6, 6.07) is 7.77. The number of likely N-dealkylation sites (N-methyl/N-ethyl adjacent to an activating group) is 1. The molecule has 0 radical (unpaired) electrons. The molecule has 220 valence electrons. The maximum atomic E-state index is 15.2. The topological polar surface area (TPSA) is 108 Å². The van der Waals surface area contributed by atoms with E-state index in [0.29, 0.717) is 43.0 Å². The number of rotatable bonds is 6. The molecule has 2 aliphatic rings. The molecule has 1 aromatic carbocycles. The predicted molar refractivity (Wildman–Crippen MR) is 152 cm³/mol. The van der Waals surface area contributed by atoms with E-state index in [0.717, 1.165) is 17.5 Å². The number of carbonyl (C=O) groups is 1. The molecule has 1 saturated carbocycles. The minimum atomic E-state index is -0.654. The molecule has 2 N–H and O–H groups in total. The summed E-state index contributed by atoms with van der Waals surface area (Å²) in [5.74, 6) is -0.366. The standard InChI is InChI=1S/C31H34F2N6O3/c1-17-8-19(11-26(34)30(17)38(2)31(40)41-3)23-6-7-35-13-20(23)12-28-36-14-22-4-5-27(37-39(22)28)29-24(32)9-18(10-25(29)33)21-15-42-16-21/h4-7,9-10,13-14,17,19,21,26,30H,8,11-12,15-16,34H2,1-3H3/t17-,19+,26+,30-/m0/s1. The molecule has 1 amide bonds. The normalized spacial score (nSPS) is 22.6. The van der Waals surface area contributed by atoms with Crippen molar-refractivity contribution in [1.29, 1.82) is 0 Å². The number of halogens is 2. The number of imidazole rings is 1. The summed E-state index contributed by atoms with van der Waals surface area (Å²) >= 11 is 0. The predicted octanol–water partition coefficient (Wildman–Crippen LogP) is 4.68. The van der Waals surface area contributed by atoms with Crippen LogP contribution in [-0.2, 0) is 15.9 Å². The van der Waals surface area contributed by atoms with Crippen molar-refractivity contribution in [1.82, 2.24) is 24.5 Å². The van der Waals surface area contributed by atoms with Crippen molar-refractivity contribution in [3.63, 3.8) is 0 Å². The third-order valence-corrected chi connectivity index (χ3v) is 8.76. The van der Waals surface area contributed by atoms with E-state index in [4.69, 9.17) is 15.2 Å². The first-order chi connectivity index (χ1) is 20.2. The molecule has 4 atom stereocenters. The number of ether oxygens (including phenoxy) is 2. The number of aromatic nitrogens is 4. The number of hydrogen-bond donors (Lipinski definition) is 1. The average Bonchev–Trinajstić information content (AvgIpc) is 3.33. The number of hydrogen-bond acceptors (Lipinski definition) is 7. The van der Waals surface area contributed by atoms with Gasteiger partial charge >= 0.3 is 6.09 Å². The maximum absolute atomic E-state index is 15.2. The lowest BCUT2D eigenvalue weighted by atomic mass is 9.72. The van der Waals surface area contributed by atoms with Crippen LogP contribution < -0.4 is 5.73 Å². The lowest BCUT2D eigenvalue weighted by molar-refractivity contribution is 0.00822. The van der Waals surface area contributed by atoms with Gasteiger partial charge in [0, 0.05) is 37.8 Å². The lowest BCUT2D eigenvalue weighted by Crippen LogP contribution is -2.55. The molecule has 0 bridgehead atoms. The van der Waals surface area contributed by atoms with Crippen molar-refractivity contribution in [3.8, 4) is 11.3 Å². The highest BCUT2D eigenvalue weighted by atomic mass is 19.1. The molecule has 3 aromatic heterocycles. The second-order valence-corrected chi connectivity index (χ2v) is 11.5. The number of amides is 1. The van der Waals surface area contributed by atoms with Crippen molar-refractivity contribution in [3.05, 3.63) is 83.1 Å². The molecule has 4 heterocycles. The number of methoxy groups -OCH3 is 1. The van der Waals surface area contributed by atoms with Gasteiger partial charge in [0.15, 0.2) is 0 Å². The van der Waals surface area contributed by atoms with E-state index in [2.05, 4.69) is 22.0 Å². The van der Waals surface area contributed by atoms with Crippen molar-refractivity contribution >= 4 is 11.6 Å². The number of fused-ring (bicyclic) bond motifs is 1. The Kier molecular flexibility index (Phi) is 7.63. The van der Waals surface area contributed by atoms with Gasteiger partial charge in [-0.3, -0.25) is 4.98 Å². The third kappa shape index (κ3) is 5.11. The van der Waals surface area contributed by atoms with Crippen LogP contribution in [0.3, 0.4) is 0 Å². The molecule has 0 unspecified atom stereocenters.